The third-order valence-electron chi connectivity index (χ3n) is 6.29. The molecular formula is C29H29Cl2N3O. The summed E-state index contributed by atoms with van der Waals surface area (Å²) in [4.78, 5) is 4.47. The highest BCUT2D eigenvalue weighted by Gasteiger charge is 2.21. The van der Waals surface area contributed by atoms with Crippen molar-refractivity contribution in [3.05, 3.63) is 113 Å². The van der Waals surface area contributed by atoms with Gasteiger partial charge >= 0.3 is 0 Å². The maximum Gasteiger partial charge on any atom is 0.142 e. The van der Waals surface area contributed by atoms with Crippen LogP contribution in [0.4, 0.5) is 5.69 Å². The monoisotopic (exact) mass is 505 g/mol. The van der Waals surface area contributed by atoms with Crippen molar-refractivity contribution in [2.24, 2.45) is 0 Å². The van der Waals surface area contributed by atoms with Crippen LogP contribution >= 0.6 is 23.2 Å². The van der Waals surface area contributed by atoms with E-state index in [9.17, 15) is 5.11 Å². The Labute approximate surface area is 216 Å². The summed E-state index contributed by atoms with van der Waals surface area (Å²) in [6.45, 7) is 8.01. The molecule has 0 radical (unpaired) electrons. The molecule has 180 valence electrons. The molecule has 3 aromatic carbocycles. The van der Waals surface area contributed by atoms with Gasteiger partial charge in [0.1, 0.15) is 11.3 Å². The predicted molar refractivity (Wildman–Crippen MR) is 148 cm³/mol. The van der Waals surface area contributed by atoms with Gasteiger partial charge in [0.05, 0.1) is 0 Å². The van der Waals surface area contributed by atoms with E-state index in [1.54, 1.807) is 6.20 Å². The molecule has 5 rings (SSSR count). The van der Waals surface area contributed by atoms with E-state index in [0.29, 0.717) is 21.6 Å². The fourth-order valence-electron chi connectivity index (χ4n) is 4.62. The summed E-state index contributed by atoms with van der Waals surface area (Å²) >= 11 is 12.3. The van der Waals surface area contributed by atoms with E-state index in [0.717, 1.165) is 53.7 Å². The minimum absolute atomic E-state index is 0.0956. The second-order valence-electron chi connectivity index (χ2n) is 8.50. The minimum atomic E-state index is -0.0956. The van der Waals surface area contributed by atoms with Gasteiger partial charge < -0.3 is 15.7 Å². The molecule has 0 atom stereocenters. The molecule has 2 heterocycles. The number of nitrogens with one attached hydrogen (secondary N) is 2. The first kappa shape index (κ1) is 25.1. The summed E-state index contributed by atoms with van der Waals surface area (Å²) < 4.78 is 0. The van der Waals surface area contributed by atoms with E-state index in [2.05, 4.69) is 34.8 Å². The largest absolute Gasteiger partial charge is 0.506 e. The number of hydrogen-bond acceptors (Lipinski definition) is 4. The Morgan fingerprint density at radius 3 is 2.00 bits per heavy atom. The molecule has 1 aliphatic rings. The van der Waals surface area contributed by atoms with Gasteiger partial charge in [-0.3, -0.25) is 4.98 Å². The van der Waals surface area contributed by atoms with Crippen molar-refractivity contribution in [1.29, 1.82) is 0 Å². The molecule has 0 saturated carbocycles. The first-order valence-electron chi connectivity index (χ1n) is 11.7. The van der Waals surface area contributed by atoms with E-state index in [4.69, 9.17) is 23.2 Å². The maximum atomic E-state index is 11.0. The Morgan fingerprint density at radius 2 is 1.43 bits per heavy atom. The van der Waals surface area contributed by atoms with E-state index < -0.39 is 0 Å². The molecule has 0 spiro atoms. The Kier molecular flexibility index (Phi) is 8.29. The number of benzene rings is 3. The van der Waals surface area contributed by atoms with E-state index in [-0.39, 0.29) is 11.7 Å². The lowest BCUT2D eigenvalue weighted by Crippen LogP contribution is -2.35. The fraction of sp³-hybridized carbons (Fsp3) is 0.207. The van der Waals surface area contributed by atoms with Crippen molar-refractivity contribution < 1.29 is 5.11 Å². The maximum absolute atomic E-state index is 11.0. The SMILES string of the molecule is C=C.Oc1cc(C(c2ccc(Cl)cc2)c2ccc(Cl)cc2)cc2c(NC3CCNCC3)ccnc12. The van der Waals surface area contributed by atoms with Crippen LogP contribution in [-0.4, -0.2) is 29.2 Å². The topological polar surface area (TPSA) is 57.2 Å². The van der Waals surface area contributed by atoms with Gasteiger partial charge in [-0.1, -0.05) is 47.5 Å². The molecule has 35 heavy (non-hydrogen) atoms. The second kappa shape index (κ2) is 11.6. The number of anilines is 1. The van der Waals surface area contributed by atoms with E-state index in [1.165, 1.54) is 0 Å². The van der Waals surface area contributed by atoms with Gasteiger partial charge in [-0.15, -0.1) is 13.2 Å². The molecule has 0 amide bonds. The highest BCUT2D eigenvalue weighted by atomic mass is 35.5. The lowest BCUT2D eigenvalue weighted by Gasteiger charge is -2.26. The van der Waals surface area contributed by atoms with Crippen molar-refractivity contribution in [1.82, 2.24) is 10.3 Å². The smallest absolute Gasteiger partial charge is 0.142 e. The van der Waals surface area contributed by atoms with Crippen LogP contribution in [0.15, 0.2) is 86.1 Å². The predicted octanol–water partition coefficient (Wildman–Crippen LogP) is 7.39. The highest BCUT2D eigenvalue weighted by Crippen LogP contribution is 2.39. The summed E-state index contributed by atoms with van der Waals surface area (Å²) in [6, 6.07) is 22.0. The number of aromatic nitrogens is 1. The summed E-state index contributed by atoms with van der Waals surface area (Å²) in [5.74, 6) is 0.0751. The zero-order valence-electron chi connectivity index (χ0n) is 19.5. The van der Waals surface area contributed by atoms with Crippen molar-refractivity contribution in [2.75, 3.05) is 18.4 Å². The lowest BCUT2D eigenvalue weighted by molar-refractivity contribution is 0.478. The molecule has 1 saturated heterocycles. The highest BCUT2D eigenvalue weighted by molar-refractivity contribution is 6.30. The van der Waals surface area contributed by atoms with Crippen LogP contribution in [0, 0.1) is 0 Å². The molecule has 0 unspecified atom stereocenters. The Balaban J connectivity index is 0.00000141. The van der Waals surface area contributed by atoms with Crippen molar-refractivity contribution in [3.63, 3.8) is 0 Å². The quantitative estimate of drug-likeness (QED) is 0.195. The molecule has 4 aromatic rings. The number of fused-ring (bicyclic) bond motifs is 1. The molecule has 1 aliphatic heterocycles. The Hall–Kier alpha value is -3.05. The van der Waals surface area contributed by atoms with Gasteiger partial charge in [-0.05, 0) is 85.1 Å². The third-order valence-corrected chi connectivity index (χ3v) is 6.79. The number of nitrogens with zero attached hydrogens (tertiary/aromatic N) is 1. The average Bonchev–Trinajstić information content (AvgIpc) is 2.89. The van der Waals surface area contributed by atoms with Gasteiger partial charge in [0.15, 0.2) is 0 Å². The summed E-state index contributed by atoms with van der Waals surface area (Å²) in [5.41, 5.74) is 4.74. The lowest BCUT2D eigenvalue weighted by atomic mass is 9.84. The third kappa shape index (κ3) is 5.79. The first-order chi connectivity index (χ1) is 17.1. The number of piperidine rings is 1. The molecule has 0 aliphatic carbocycles. The zero-order valence-corrected chi connectivity index (χ0v) is 21.0. The van der Waals surface area contributed by atoms with Crippen LogP contribution in [0.5, 0.6) is 5.75 Å². The molecule has 4 nitrogen and oxygen atoms in total. The number of phenols is 1. The van der Waals surface area contributed by atoms with Gasteiger partial charge in [-0.2, -0.15) is 0 Å². The van der Waals surface area contributed by atoms with Gasteiger partial charge in [0.2, 0.25) is 0 Å². The van der Waals surface area contributed by atoms with Crippen LogP contribution in [0.3, 0.4) is 0 Å². The normalized spacial score (nSPS) is 13.9. The summed E-state index contributed by atoms with van der Waals surface area (Å²) in [6.07, 6.45) is 3.88. The number of halogens is 2. The second-order valence-corrected chi connectivity index (χ2v) is 9.37. The van der Waals surface area contributed by atoms with Crippen LogP contribution < -0.4 is 10.6 Å². The molecular weight excluding hydrogens is 477 g/mol. The molecule has 6 heteroatoms. The number of aromatic hydroxyl groups is 1. The summed E-state index contributed by atoms with van der Waals surface area (Å²) in [5, 5.41) is 20.4. The molecule has 1 aromatic heterocycles. The first-order valence-corrected chi connectivity index (χ1v) is 12.4. The number of phenolic OH excluding ortho intramolecular Hbond substituents is 1. The van der Waals surface area contributed by atoms with E-state index >= 15 is 0 Å². The van der Waals surface area contributed by atoms with Gasteiger partial charge in [-0.25, -0.2) is 0 Å². The van der Waals surface area contributed by atoms with Crippen LogP contribution in [0.25, 0.3) is 10.9 Å². The molecule has 3 N–H and O–H groups in total. The standard InChI is InChI=1S/C27H25Cl2N3O.C2H4/c28-20-5-1-17(2-6-20)26(18-3-7-21(29)8-4-18)19-15-23-24(32-22-9-12-30-13-10-22)11-14-31-27(23)25(33)16-19;1-2/h1-8,11,14-16,22,26,30,33H,9-10,12-13H2,(H,31,32);1-2H2. The number of pyridine rings is 1. The zero-order chi connectivity index (χ0) is 24.8. The summed E-state index contributed by atoms with van der Waals surface area (Å²) in [7, 11) is 0. The fourth-order valence-corrected chi connectivity index (χ4v) is 4.88. The van der Waals surface area contributed by atoms with Crippen LogP contribution in [0.1, 0.15) is 35.4 Å². The average molecular weight is 506 g/mol. The molecule has 0 bridgehead atoms. The Bertz CT molecular complexity index is 1220. The number of hydrogen-bond donors (Lipinski definition) is 3. The van der Waals surface area contributed by atoms with Crippen LogP contribution in [0.2, 0.25) is 10.0 Å². The van der Waals surface area contributed by atoms with Crippen molar-refractivity contribution >= 4 is 39.8 Å². The van der Waals surface area contributed by atoms with Crippen molar-refractivity contribution in [2.45, 2.75) is 24.8 Å². The molecule has 1 fully saturated rings. The number of rotatable bonds is 5. The van der Waals surface area contributed by atoms with Gasteiger partial charge in [0, 0.05) is 39.3 Å². The van der Waals surface area contributed by atoms with Gasteiger partial charge in [0.25, 0.3) is 0 Å². The van der Waals surface area contributed by atoms with E-state index in [1.807, 2.05) is 60.7 Å². The van der Waals surface area contributed by atoms with Crippen LogP contribution in [-0.2, 0) is 0 Å². The minimum Gasteiger partial charge on any atom is -0.506 e. The van der Waals surface area contributed by atoms with Crippen molar-refractivity contribution in [3.8, 4) is 5.75 Å². The Morgan fingerprint density at radius 1 is 0.857 bits per heavy atom.